The van der Waals surface area contributed by atoms with Crippen LogP contribution in [-0.4, -0.2) is 10.5 Å². The molecular formula is C17H23N2OY+. The van der Waals surface area contributed by atoms with Gasteiger partial charge in [0.2, 0.25) is 5.69 Å². The zero-order chi connectivity index (χ0) is 14.9. The second-order valence-electron chi connectivity index (χ2n) is 5.59. The summed E-state index contributed by atoms with van der Waals surface area (Å²) in [7, 11) is 1.99. The van der Waals surface area contributed by atoms with Gasteiger partial charge in [-0.25, -0.2) is 0 Å². The third-order valence-corrected chi connectivity index (χ3v) is 4.04. The van der Waals surface area contributed by atoms with E-state index in [9.17, 15) is 4.79 Å². The molecule has 1 heterocycles. The van der Waals surface area contributed by atoms with Crippen molar-refractivity contribution < 1.29 is 42.2 Å². The van der Waals surface area contributed by atoms with Gasteiger partial charge in [-0.3, -0.25) is 4.79 Å². The van der Waals surface area contributed by atoms with Crippen LogP contribution in [0.15, 0.2) is 24.3 Å². The Morgan fingerprint density at radius 3 is 2.19 bits per heavy atom. The van der Waals surface area contributed by atoms with Crippen LogP contribution in [0.4, 0.5) is 0 Å². The molecule has 4 heteroatoms. The van der Waals surface area contributed by atoms with Crippen LogP contribution in [0.25, 0.3) is 0 Å². The number of carbonyl (C=O) groups is 1. The maximum atomic E-state index is 12.4. The molecule has 2 rings (SSSR count). The van der Waals surface area contributed by atoms with Crippen molar-refractivity contribution in [3.8, 4) is 0 Å². The number of rotatable bonds is 4. The Balaban J connectivity index is 0.00000220. The first-order valence-electron chi connectivity index (χ1n) is 7.00. The van der Waals surface area contributed by atoms with Crippen molar-refractivity contribution in [2.24, 2.45) is 7.05 Å². The van der Waals surface area contributed by atoms with Gasteiger partial charge in [-0.05, 0) is 37.5 Å². The molecule has 0 saturated carbocycles. The van der Waals surface area contributed by atoms with E-state index in [4.69, 9.17) is 0 Å². The maximum Gasteiger partial charge on any atom is 0.204 e. The van der Waals surface area contributed by atoms with Gasteiger partial charge in [-0.15, -0.1) is 4.68 Å². The molecule has 0 aliphatic heterocycles. The standard InChI is InChI=1S/C17H23N2O.Y/c1-12-7-6-8-13(2)17(12)10-16(20)11-19-15(4)9-14(3)18(19)5;/h6-9H,10-11H2,1-5H3;/q+1;. The summed E-state index contributed by atoms with van der Waals surface area (Å²) in [6.07, 6.45) is 0.509. The Kier molecular flexibility index (Phi) is 6.49. The summed E-state index contributed by atoms with van der Waals surface area (Å²) in [5.74, 6) is 0.247. The topological polar surface area (TPSA) is 25.9 Å². The van der Waals surface area contributed by atoms with E-state index in [2.05, 4.69) is 39.0 Å². The number of hydrogen-bond donors (Lipinski definition) is 0. The van der Waals surface area contributed by atoms with E-state index in [1.54, 1.807) is 0 Å². The fraction of sp³-hybridized carbons (Fsp3) is 0.412. The van der Waals surface area contributed by atoms with Gasteiger partial charge in [0, 0.05) is 52.1 Å². The first-order valence-corrected chi connectivity index (χ1v) is 7.00. The van der Waals surface area contributed by atoms with E-state index in [-0.39, 0.29) is 38.5 Å². The third kappa shape index (κ3) is 4.11. The molecule has 0 aliphatic carbocycles. The second-order valence-corrected chi connectivity index (χ2v) is 5.59. The molecular weight excluding hydrogens is 337 g/mol. The minimum Gasteiger partial charge on any atom is -0.297 e. The number of carbonyl (C=O) groups excluding carboxylic acids is 1. The van der Waals surface area contributed by atoms with E-state index in [1.165, 1.54) is 22.4 Å². The predicted octanol–water partition coefficient (Wildman–Crippen LogP) is 2.36. The number of hydrogen-bond acceptors (Lipinski definition) is 1. The molecule has 109 valence electrons. The van der Waals surface area contributed by atoms with Crippen molar-refractivity contribution in [1.29, 1.82) is 0 Å². The summed E-state index contributed by atoms with van der Waals surface area (Å²) in [5, 5.41) is 0. The minimum absolute atomic E-state index is 0. The van der Waals surface area contributed by atoms with Crippen molar-refractivity contribution in [2.45, 2.75) is 40.7 Å². The van der Waals surface area contributed by atoms with Gasteiger partial charge in [-0.1, -0.05) is 18.2 Å². The van der Waals surface area contributed by atoms with Crippen LogP contribution in [-0.2, 0) is 57.5 Å². The Morgan fingerprint density at radius 1 is 1.14 bits per heavy atom. The Labute approximate surface area is 152 Å². The van der Waals surface area contributed by atoms with Crippen molar-refractivity contribution in [3.05, 3.63) is 52.3 Å². The Morgan fingerprint density at radius 2 is 1.71 bits per heavy atom. The number of Topliss-reactive ketones (excluding diaryl/α,β-unsaturated/α-hetero) is 1. The smallest absolute Gasteiger partial charge is 0.204 e. The molecule has 1 radical (unpaired) electrons. The third-order valence-electron chi connectivity index (χ3n) is 4.04. The van der Waals surface area contributed by atoms with E-state index in [0.717, 1.165) is 5.69 Å². The van der Waals surface area contributed by atoms with Crippen LogP contribution in [0.2, 0.25) is 0 Å². The molecule has 0 bridgehead atoms. The fourth-order valence-corrected chi connectivity index (χ4v) is 2.68. The quantitative estimate of drug-likeness (QED) is 0.769. The monoisotopic (exact) mass is 360 g/mol. The molecule has 0 unspecified atom stereocenters. The van der Waals surface area contributed by atoms with Gasteiger partial charge < -0.3 is 0 Å². The van der Waals surface area contributed by atoms with E-state index >= 15 is 0 Å². The molecule has 21 heavy (non-hydrogen) atoms. The van der Waals surface area contributed by atoms with Crippen LogP contribution in [0.3, 0.4) is 0 Å². The molecule has 1 aromatic carbocycles. The summed E-state index contributed by atoms with van der Waals surface area (Å²) in [6.45, 7) is 8.67. The fourth-order valence-electron chi connectivity index (χ4n) is 2.68. The molecule has 0 amide bonds. The number of aryl methyl sites for hydroxylation is 4. The molecule has 0 spiro atoms. The summed E-state index contributed by atoms with van der Waals surface area (Å²) in [5.41, 5.74) is 5.86. The van der Waals surface area contributed by atoms with E-state index < -0.39 is 0 Å². The van der Waals surface area contributed by atoms with Crippen LogP contribution < -0.4 is 4.68 Å². The Bertz CT molecular complexity index is 639. The van der Waals surface area contributed by atoms with Crippen LogP contribution in [0, 0.1) is 27.7 Å². The van der Waals surface area contributed by atoms with Crippen molar-refractivity contribution >= 4 is 5.78 Å². The molecule has 0 fully saturated rings. The average molecular weight is 360 g/mol. The van der Waals surface area contributed by atoms with Gasteiger partial charge >= 0.3 is 0 Å². The van der Waals surface area contributed by atoms with Gasteiger partial charge in [0.25, 0.3) is 0 Å². The zero-order valence-corrected chi connectivity index (χ0v) is 16.4. The normalized spacial score (nSPS) is 10.3. The van der Waals surface area contributed by atoms with E-state index in [0.29, 0.717) is 13.0 Å². The number of benzene rings is 1. The largest absolute Gasteiger partial charge is 0.297 e. The number of nitrogens with zero attached hydrogens (tertiary/aromatic N) is 2. The van der Waals surface area contributed by atoms with Gasteiger partial charge in [0.05, 0.1) is 5.69 Å². The van der Waals surface area contributed by atoms with Crippen LogP contribution in [0.1, 0.15) is 28.1 Å². The Hall–Kier alpha value is -0.796. The molecule has 2 aromatic rings. The molecule has 0 aliphatic rings. The zero-order valence-electron chi connectivity index (χ0n) is 13.6. The summed E-state index contributed by atoms with van der Waals surface area (Å²) >= 11 is 0. The number of ketones is 1. The summed E-state index contributed by atoms with van der Waals surface area (Å²) < 4.78 is 4.07. The summed E-state index contributed by atoms with van der Waals surface area (Å²) in [6, 6.07) is 8.28. The van der Waals surface area contributed by atoms with Crippen molar-refractivity contribution in [2.75, 3.05) is 0 Å². The van der Waals surface area contributed by atoms with Crippen LogP contribution in [0.5, 0.6) is 0 Å². The second kappa shape index (κ2) is 7.46. The SMILES string of the molecule is Cc1cccc(C)c1CC(=O)Cn1c(C)cc(C)[n+]1C.[Y]. The minimum atomic E-state index is 0. The first kappa shape index (κ1) is 18.3. The molecule has 3 nitrogen and oxygen atoms in total. The molecule has 0 N–H and O–H groups in total. The predicted molar refractivity (Wildman–Crippen MR) is 79.7 cm³/mol. The van der Waals surface area contributed by atoms with Gasteiger partial charge in [0.1, 0.15) is 6.54 Å². The van der Waals surface area contributed by atoms with Crippen LogP contribution >= 0.6 is 0 Å². The molecule has 0 saturated heterocycles. The summed E-state index contributed by atoms with van der Waals surface area (Å²) in [4.78, 5) is 12.4. The van der Waals surface area contributed by atoms with Crippen molar-refractivity contribution in [3.63, 3.8) is 0 Å². The number of aromatic nitrogens is 2. The first-order chi connectivity index (χ1) is 9.40. The van der Waals surface area contributed by atoms with E-state index in [1.807, 2.05) is 29.4 Å². The molecule has 1 aromatic heterocycles. The maximum absolute atomic E-state index is 12.4. The average Bonchev–Trinajstić information content (AvgIpc) is 2.61. The van der Waals surface area contributed by atoms with Gasteiger partial charge in [0.15, 0.2) is 12.8 Å². The molecule has 0 atom stereocenters. The van der Waals surface area contributed by atoms with Gasteiger partial charge in [-0.2, -0.15) is 4.68 Å². The van der Waals surface area contributed by atoms with Crippen molar-refractivity contribution in [1.82, 2.24) is 4.68 Å².